The number of quaternary nitrogens is 1. The van der Waals surface area contributed by atoms with Gasteiger partial charge in [0.1, 0.15) is 5.82 Å². The average Bonchev–Trinajstić information content (AvgIpc) is 3.43. The van der Waals surface area contributed by atoms with E-state index in [4.69, 9.17) is 4.98 Å². The summed E-state index contributed by atoms with van der Waals surface area (Å²) < 4.78 is 1.89. The number of H-pyrrole nitrogens is 1. The van der Waals surface area contributed by atoms with Crippen molar-refractivity contribution >= 4 is 40.1 Å². The summed E-state index contributed by atoms with van der Waals surface area (Å²) in [5, 5.41) is 23.9. The van der Waals surface area contributed by atoms with E-state index in [2.05, 4.69) is 21.5 Å². The average molecular weight is 587 g/mol. The topological polar surface area (TPSA) is 131 Å². The quantitative estimate of drug-likeness (QED) is 0.245. The highest BCUT2D eigenvalue weighted by molar-refractivity contribution is 7.98. The Morgan fingerprint density at radius 2 is 2.07 bits per heavy atom. The number of pyridine rings is 1. The zero-order chi connectivity index (χ0) is 29.0. The molecule has 3 aliphatic heterocycles. The van der Waals surface area contributed by atoms with E-state index in [0.717, 1.165) is 52.4 Å². The Kier molecular flexibility index (Phi) is 7.05. The van der Waals surface area contributed by atoms with Crippen molar-refractivity contribution in [3.05, 3.63) is 93.3 Å². The molecule has 4 N–H and O–H groups in total. The number of imidazole rings is 1. The molecule has 0 spiro atoms. The fourth-order valence-electron chi connectivity index (χ4n) is 7.41. The number of thioether (sulfide) groups is 1. The zero-order valence-corrected chi connectivity index (χ0v) is 24.1. The first kappa shape index (κ1) is 27.2. The summed E-state index contributed by atoms with van der Waals surface area (Å²) in [6.07, 6.45) is 4.13. The lowest BCUT2D eigenvalue weighted by Crippen LogP contribution is -2.99. The van der Waals surface area contributed by atoms with Crippen LogP contribution in [0.3, 0.4) is 0 Å². The molecule has 4 aromatic rings. The van der Waals surface area contributed by atoms with Crippen LogP contribution in [0.1, 0.15) is 41.9 Å². The molecule has 10 nitrogen and oxygen atoms in total. The third kappa shape index (κ3) is 4.70. The molecular formula is C31H34N6O4S. The Morgan fingerprint density at radius 1 is 1.21 bits per heavy atom. The highest BCUT2D eigenvalue weighted by Crippen LogP contribution is 2.47. The van der Waals surface area contributed by atoms with Crippen LogP contribution < -0.4 is 21.0 Å². The zero-order valence-electron chi connectivity index (χ0n) is 23.3. The molecule has 3 aliphatic rings. The number of hydrogen-bond acceptors (Lipinski definition) is 7. The molecule has 3 unspecified atom stereocenters. The number of nitrogens with zero attached hydrogens (tertiary/aromatic N) is 3. The van der Waals surface area contributed by atoms with Gasteiger partial charge < -0.3 is 25.0 Å². The number of rotatable bonds is 7. The van der Waals surface area contributed by atoms with Crippen molar-refractivity contribution in [3.8, 4) is 0 Å². The Bertz CT molecular complexity index is 1670. The van der Waals surface area contributed by atoms with Crippen LogP contribution in [0, 0.1) is 17.0 Å². The number of nitrogens with one attached hydrogen (secondary N) is 3. The molecule has 0 saturated carbocycles. The molecular weight excluding hydrogens is 552 g/mol. The minimum Gasteiger partial charge on any atom is -0.595 e. The number of hydrogen-bond donors (Lipinski definition) is 4. The van der Waals surface area contributed by atoms with E-state index < -0.39 is 11.1 Å². The van der Waals surface area contributed by atoms with E-state index in [0.29, 0.717) is 19.5 Å². The van der Waals surface area contributed by atoms with Crippen molar-refractivity contribution in [2.24, 2.45) is 11.8 Å². The number of aromatic nitrogens is 3. The number of para-hydroxylation sites is 2. The maximum atomic E-state index is 14.3. The molecule has 42 heavy (non-hydrogen) atoms. The van der Waals surface area contributed by atoms with Gasteiger partial charge in [-0.15, -0.1) is 0 Å². The van der Waals surface area contributed by atoms with Crippen LogP contribution in [0.25, 0.3) is 11.0 Å². The van der Waals surface area contributed by atoms with Gasteiger partial charge in [-0.05, 0) is 67.0 Å². The number of amides is 1. The highest BCUT2D eigenvalue weighted by atomic mass is 32.2. The van der Waals surface area contributed by atoms with Crippen LogP contribution in [-0.4, -0.2) is 50.2 Å². The molecule has 7 rings (SSSR count). The molecule has 0 aliphatic carbocycles. The maximum absolute atomic E-state index is 14.3. The monoisotopic (exact) mass is 586 g/mol. The second-order valence-corrected chi connectivity index (χ2v) is 12.7. The molecule has 2 aromatic heterocycles. The first-order valence-electron chi connectivity index (χ1n) is 14.5. The fraction of sp³-hybridized carbons (Fsp3) is 0.387. The summed E-state index contributed by atoms with van der Waals surface area (Å²) in [6.45, 7) is 1.24. The minimum atomic E-state index is -0.980. The number of carbonyl (C=O) groups is 1. The van der Waals surface area contributed by atoms with Gasteiger partial charge in [-0.2, -0.15) is 17.0 Å². The van der Waals surface area contributed by atoms with Crippen LogP contribution in [0.4, 0.5) is 11.4 Å². The fourth-order valence-corrected chi connectivity index (χ4v) is 7.89. The van der Waals surface area contributed by atoms with E-state index >= 15 is 0 Å². The van der Waals surface area contributed by atoms with Gasteiger partial charge in [0.05, 0.1) is 23.0 Å². The van der Waals surface area contributed by atoms with E-state index in [1.165, 1.54) is 0 Å². The van der Waals surface area contributed by atoms with Crippen molar-refractivity contribution in [1.82, 2.24) is 19.9 Å². The second kappa shape index (κ2) is 10.9. The second-order valence-electron chi connectivity index (χ2n) is 11.7. The van der Waals surface area contributed by atoms with Crippen LogP contribution in [0.2, 0.25) is 0 Å². The van der Waals surface area contributed by atoms with Gasteiger partial charge in [0.15, 0.2) is 5.69 Å². The lowest BCUT2D eigenvalue weighted by atomic mass is 9.70. The standard InChI is InChI=1S/C31H34N6O4S/c1-42-12-11-25(30-32-23-5-2-3-6-24(23)33-30)34-31(39)22-15-18-14-21(37(40)41)9-10-27(18)36-16-19-13-20(29(22)36)17-35-26(19)7-4-8-28(35)38/h2-10,14,19-20,22,25,29,37,40H,11-13,15-17H2,1H3,(H,32,33)(H,34,39)/t19?,20?,22-,25+,29+/m1/s1. The van der Waals surface area contributed by atoms with Crippen LogP contribution in [0.15, 0.2) is 65.5 Å². The van der Waals surface area contributed by atoms with Crippen LogP contribution in [0.5, 0.6) is 0 Å². The van der Waals surface area contributed by atoms with Crippen LogP contribution >= 0.6 is 11.8 Å². The number of benzene rings is 2. The lowest BCUT2D eigenvalue weighted by Gasteiger charge is -2.54. The van der Waals surface area contributed by atoms with Gasteiger partial charge in [0, 0.05) is 54.6 Å². The van der Waals surface area contributed by atoms with Gasteiger partial charge >= 0.3 is 0 Å². The molecule has 0 radical (unpaired) electrons. The third-order valence-electron chi connectivity index (χ3n) is 9.26. The van der Waals surface area contributed by atoms with Crippen molar-refractivity contribution < 1.29 is 15.2 Å². The van der Waals surface area contributed by atoms with Gasteiger partial charge in [0.2, 0.25) is 5.91 Å². The van der Waals surface area contributed by atoms with Crippen molar-refractivity contribution in [2.45, 2.75) is 43.8 Å². The third-order valence-corrected chi connectivity index (χ3v) is 9.90. The minimum absolute atomic E-state index is 0.000904. The van der Waals surface area contributed by atoms with E-state index in [1.54, 1.807) is 30.0 Å². The largest absolute Gasteiger partial charge is 0.595 e. The normalized spacial score (nSPS) is 23.9. The predicted octanol–water partition coefficient (Wildman–Crippen LogP) is 2.90. The van der Waals surface area contributed by atoms with Crippen LogP contribution in [-0.2, 0) is 17.8 Å². The molecule has 5 heterocycles. The molecule has 1 amide bonds. The number of aromatic amines is 1. The van der Waals surface area contributed by atoms with Gasteiger partial charge in [-0.3, -0.25) is 9.59 Å². The molecule has 1 fully saturated rings. The van der Waals surface area contributed by atoms with Crippen molar-refractivity contribution in [3.63, 3.8) is 0 Å². The Hall–Kier alpha value is -3.64. The summed E-state index contributed by atoms with van der Waals surface area (Å²) >= 11 is 1.72. The molecule has 2 aromatic carbocycles. The van der Waals surface area contributed by atoms with E-state index in [-0.39, 0.29) is 41.1 Å². The lowest BCUT2D eigenvalue weighted by molar-refractivity contribution is -0.991. The maximum Gasteiger partial charge on any atom is 0.250 e. The van der Waals surface area contributed by atoms with Crippen molar-refractivity contribution in [2.75, 3.05) is 23.5 Å². The SMILES string of the molecule is CSCC[C@H](NC(=O)[C@@H]1Cc2cc([NH+]([O-])O)ccc2N2CC3CC(Cn4c3cccc4=O)[C@@H]12)c1nc2ccccc2[nH]1. The van der Waals surface area contributed by atoms with E-state index in [9.17, 15) is 20.0 Å². The van der Waals surface area contributed by atoms with Gasteiger partial charge in [0.25, 0.3) is 5.56 Å². The Labute approximate surface area is 247 Å². The Balaban J connectivity index is 1.26. The van der Waals surface area contributed by atoms with Gasteiger partial charge in [-0.25, -0.2) is 10.2 Å². The highest BCUT2D eigenvalue weighted by Gasteiger charge is 2.49. The summed E-state index contributed by atoms with van der Waals surface area (Å²) in [7, 11) is 0. The molecule has 11 heteroatoms. The number of fused-ring (bicyclic) bond motifs is 9. The number of anilines is 1. The molecule has 1 saturated heterocycles. The van der Waals surface area contributed by atoms with Gasteiger partial charge in [-0.1, -0.05) is 18.2 Å². The van der Waals surface area contributed by atoms with Crippen molar-refractivity contribution in [1.29, 1.82) is 0 Å². The molecule has 2 bridgehead atoms. The predicted molar refractivity (Wildman–Crippen MR) is 162 cm³/mol. The molecule has 218 valence electrons. The summed E-state index contributed by atoms with van der Waals surface area (Å²) in [5.74, 6) is 1.39. The summed E-state index contributed by atoms with van der Waals surface area (Å²) in [4.78, 5) is 37.7. The first-order valence-corrected chi connectivity index (χ1v) is 15.9. The summed E-state index contributed by atoms with van der Waals surface area (Å²) in [6, 6.07) is 18.2. The summed E-state index contributed by atoms with van der Waals surface area (Å²) in [5.41, 5.74) is 4.92. The van der Waals surface area contributed by atoms with E-state index in [1.807, 2.05) is 47.0 Å². The number of carbonyl (C=O) groups excluding carboxylic acids is 1. The Morgan fingerprint density at radius 3 is 2.88 bits per heavy atom. The smallest absolute Gasteiger partial charge is 0.250 e. The molecule has 6 atom stereocenters. The first-order chi connectivity index (χ1) is 20.4. The number of piperidine rings is 1.